The monoisotopic (exact) mass is 236 g/mol. The maximum absolute atomic E-state index is 11.9. The second-order valence-corrected chi connectivity index (χ2v) is 3.53. The average Bonchev–Trinajstić information content (AvgIpc) is 2.37. The Labute approximate surface area is 101 Å². The van der Waals surface area contributed by atoms with Crippen LogP contribution in [-0.2, 0) is 4.79 Å². The van der Waals surface area contributed by atoms with Gasteiger partial charge >= 0.3 is 0 Å². The first-order valence-corrected chi connectivity index (χ1v) is 5.39. The first kappa shape index (κ1) is 13.2. The first-order valence-electron chi connectivity index (χ1n) is 5.39. The van der Waals surface area contributed by atoms with E-state index in [4.69, 9.17) is 9.47 Å². The fourth-order valence-electron chi connectivity index (χ4n) is 1.51. The Hall–Kier alpha value is -1.84. The molecule has 0 saturated carbocycles. The number of para-hydroxylation sites is 1. The van der Waals surface area contributed by atoms with E-state index in [0.29, 0.717) is 23.5 Å². The summed E-state index contributed by atoms with van der Waals surface area (Å²) in [6, 6.07) is 5.04. The fraction of sp³-hybridized carbons (Fsp3) is 0.385. The quantitative estimate of drug-likeness (QED) is 0.561. The molecule has 0 aliphatic carbocycles. The van der Waals surface area contributed by atoms with Crippen LogP contribution in [0.4, 0.5) is 0 Å². The van der Waals surface area contributed by atoms with Crippen LogP contribution in [0.15, 0.2) is 18.2 Å². The molecular weight excluding hydrogens is 220 g/mol. The molecule has 0 heterocycles. The summed E-state index contributed by atoms with van der Waals surface area (Å²) in [5.41, 5.74) is 0.383. The van der Waals surface area contributed by atoms with E-state index in [1.807, 2.05) is 0 Å². The zero-order valence-corrected chi connectivity index (χ0v) is 10.3. The van der Waals surface area contributed by atoms with Crippen LogP contribution in [0.1, 0.15) is 30.1 Å². The van der Waals surface area contributed by atoms with Gasteiger partial charge in [0.1, 0.15) is 5.78 Å². The third kappa shape index (κ3) is 3.06. The number of benzene rings is 1. The SMILES string of the molecule is CCC(=O)CC(=O)c1cccc(OC)c1OC. The number of rotatable bonds is 6. The highest BCUT2D eigenvalue weighted by atomic mass is 16.5. The average molecular weight is 236 g/mol. The Morgan fingerprint density at radius 3 is 2.41 bits per heavy atom. The molecular formula is C13H16O4. The van der Waals surface area contributed by atoms with Crippen molar-refractivity contribution in [1.82, 2.24) is 0 Å². The zero-order valence-electron chi connectivity index (χ0n) is 10.3. The standard InChI is InChI=1S/C13H16O4/c1-4-9(14)8-11(15)10-6-5-7-12(16-2)13(10)17-3/h5-7H,4,8H2,1-3H3. The minimum atomic E-state index is -0.243. The first-order chi connectivity index (χ1) is 8.13. The molecule has 0 saturated heterocycles. The number of ether oxygens (including phenoxy) is 2. The van der Waals surface area contributed by atoms with Gasteiger partial charge in [0.15, 0.2) is 17.3 Å². The van der Waals surface area contributed by atoms with Crippen LogP contribution in [-0.4, -0.2) is 25.8 Å². The molecule has 1 aromatic carbocycles. The van der Waals surface area contributed by atoms with Gasteiger partial charge in [-0.3, -0.25) is 9.59 Å². The molecule has 0 radical (unpaired) electrons. The van der Waals surface area contributed by atoms with Crippen LogP contribution in [0.3, 0.4) is 0 Å². The summed E-state index contributed by atoms with van der Waals surface area (Å²) < 4.78 is 10.2. The molecule has 4 nitrogen and oxygen atoms in total. The minimum Gasteiger partial charge on any atom is -0.493 e. The van der Waals surface area contributed by atoms with E-state index >= 15 is 0 Å². The lowest BCUT2D eigenvalue weighted by atomic mass is 10.0. The number of carbonyl (C=O) groups is 2. The Morgan fingerprint density at radius 2 is 1.88 bits per heavy atom. The summed E-state index contributed by atoms with van der Waals surface area (Å²) >= 11 is 0. The molecule has 0 spiro atoms. The Balaban J connectivity index is 3.04. The Kier molecular flexibility index (Phi) is 4.69. The second-order valence-electron chi connectivity index (χ2n) is 3.53. The second kappa shape index (κ2) is 6.03. The molecule has 0 atom stereocenters. The molecule has 0 aromatic heterocycles. The van der Waals surface area contributed by atoms with Gasteiger partial charge in [0.25, 0.3) is 0 Å². The molecule has 17 heavy (non-hydrogen) atoms. The van der Waals surface area contributed by atoms with Crippen molar-refractivity contribution in [2.45, 2.75) is 19.8 Å². The van der Waals surface area contributed by atoms with Crippen molar-refractivity contribution in [3.63, 3.8) is 0 Å². The van der Waals surface area contributed by atoms with Gasteiger partial charge in [-0.1, -0.05) is 13.0 Å². The molecule has 1 rings (SSSR count). The maximum atomic E-state index is 11.9. The normalized spacial score (nSPS) is 9.82. The van der Waals surface area contributed by atoms with Gasteiger partial charge < -0.3 is 9.47 Å². The van der Waals surface area contributed by atoms with Gasteiger partial charge in [-0.05, 0) is 12.1 Å². The van der Waals surface area contributed by atoms with Crippen molar-refractivity contribution in [1.29, 1.82) is 0 Å². The van der Waals surface area contributed by atoms with Crippen LogP contribution in [0, 0.1) is 0 Å². The number of methoxy groups -OCH3 is 2. The van der Waals surface area contributed by atoms with Gasteiger partial charge in [0.05, 0.1) is 26.2 Å². The van der Waals surface area contributed by atoms with E-state index in [2.05, 4.69) is 0 Å². The fourth-order valence-corrected chi connectivity index (χ4v) is 1.51. The van der Waals surface area contributed by atoms with Gasteiger partial charge in [-0.25, -0.2) is 0 Å². The van der Waals surface area contributed by atoms with Gasteiger partial charge in [-0.15, -0.1) is 0 Å². The molecule has 0 fully saturated rings. The Bertz CT molecular complexity index is 423. The van der Waals surface area contributed by atoms with Gasteiger partial charge in [-0.2, -0.15) is 0 Å². The highest BCUT2D eigenvalue weighted by Crippen LogP contribution is 2.31. The Morgan fingerprint density at radius 1 is 1.18 bits per heavy atom. The van der Waals surface area contributed by atoms with Crippen molar-refractivity contribution in [2.24, 2.45) is 0 Å². The van der Waals surface area contributed by atoms with Crippen molar-refractivity contribution in [3.8, 4) is 11.5 Å². The molecule has 0 aliphatic heterocycles. The third-order valence-corrected chi connectivity index (χ3v) is 2.46. The van der Waals surface area contributed by atoms with Crippen LogP contribution in [0.5, 0.6) is 11.5 Å². The molecule has 0 unspecified atom stereocenters. The lowest BCUT2D eigenvalue weighted by molar-refractivity contribution is -0.117. The smallest absolute Gasteiger partial charge is 0.174 e. The highest BCUT2D eigenvalue weighted by Gasteiger charge is 2.17. The summed E-state index contributed by atoms with van der Waals surface area (Å²) in [5.74, 6) is 0.540. The van der Waals surface area contributed by atoms with Crippen LogP contribution >= 0.6 is 0 Å². The van der Waals surface area contributed by atoms with Crippen LogP contribution in [0.25, 0.3) is 0 Å². The van der Waals surface area contributed by atoms with Crippen molar-refractivity contribution in [3.05, 3.63) is 23.8 Å². The summed E-state index contributed by atoms with van der Waals surface area (Å²) in [6.45, 7) is 1.73. The van der Waals surface area contributed by atoms with Crippen LogP contribution < -0.4 is 9.47 Å². The minimum absolute atomic E-state index is 0.0835. The number of ketones is 2. The molecule has 0 N–H and O–H groups in total. The zero-order chi connectivity index (χ0) is 12.8. The predicted molar refractivity (Wildman–Crippen MR) is 63.8 cm³/mol. The van der Waals surface area contributed by atoms with E-state index in [-0.39, 0.29) is 18.0 Å². The van der Waals surface area contributed by atoms with Gasteiger partial charge in [0, 0.05) is 6.42 Å². The molecule has 0 aliphatic rings. The van der Waals surface area contributed by atoms with Gasteiger partial charge in [0.2, 0.25) is 0 Å². The summed E-state index contributed by atoms with van der Waals surface area (Å²) in [4.78, 5) is 23.2. The molecule has 0 amide bonds. The summed E-state index contributed by atoms with van der Waals surface area (Å²) in [7, 11) is 2.97. The number of hydrogen-bond acceptors (Lipinski definition) is 4. The number of hydrogen-bond donors (Lipinski definition) is 0. The molecule has 1 aromatic rings. The topological polar surface area (TPSA) is 52.6 Å². The number of Topliss-reactive ketones (excluding diaryl/α,β-unsaturated/α-hetero) is 2. The molecule has 4 heteroatoms. The van der Waals surface area contributed by atoms with E-state index in [1.54, 1.807) is 25.1 Å². The van der Waals surface area contributed by atoms with E-state index in [1.165, 1.54) is 14.2 Å². The summed E-state index contributed by atoms with van der Waals surface area (Å²) in [5, 5.41) is 0. The van der Waals surface area contributed by atoms with Crippen LogP contribution in [0.2, 0.25) is 0 Å². The van der Waals surface area contributed by atoms with Crippen molar-refractivity contribution in [2.75, 3.05) is 14.2 Å². The van der Waals surface area contributed by atoms with E-state index < -0.39 is 0 Å². The predicted octanol–water partition coefficient (Wildman–Crippen LogP) is 2.26. The number of carbonyl (C=O) groups excluding carboxylic acids is 2. The highest BCUT2D eigenvalue weighted by molar-refractivity contribution is 6.09. The molecule has 0 bridgehead atoms. The van der Waals surface area contributed by atoms with E-state index in [0.717, 1.165) is 0 Å². The van der Waals surface area contributed by atoms with E-state index in [9.17, 15) is 9.59 Å². The summed E-state index contributed by atoms with van der Waals surface area (Å²) in [6.07, 6.45) is 0.262. The van der Waals surface area contributed by atoms with Crippen molar-refractivity contribution < 1.29 is 19.1 Å². The lowest BCUT2D eigenvalue weighted by Gasteiger charge is -2.11. The largest absolute Gasteiger partial charge is 0.493 e. The van der Waals surface area contributed by atoms with Crippen molar-refractivity contribution >= 4 is 11.6 Å². The molecule has 92 valence electrons. The lowest BCUT2D eigenvalue weighted by Crippen LogP contribution is -2.09. The third-order valence-electron chi connectivity index (χ3n) is 2.46. The maximum Gasteiger partial charge on any atom is 0.174 e.